The van der Waals surface area contributed by atoms with Gasteiger partial charge in [-0.3, -0.25) is 4.79 Å². The number of ether oxygens (including phenoxy) is 1. The van der Waals surface area contributed by atoms with E-state index < -0.39 is 5.60 Å². The average Bonchev–Trinajstić information content (AvgIpc) is 2.93. The van der Waals surface area contributed by atoms with Crippen LogP contribution in [0.3, 0.4) is 0 Å². The van der Waals surface area contributed by atoms with Gasteiger partial charge in [-0.15, -0.1) is 0 Å². The molecule has 25 heavy (non-hydrogen) atoms. The lowest BCUT2D eigenvalue weighted by atomic mass is 9.86. The lowest BCUT2D eigenvalue weighted by Crippen LogP contribution is -2.48. The normalized spacial score (nSPS) is 19.6. The highest BCUT2D eigenvalue weighted by molar-refractivity contribution is 5.76. The Morgan fingerprint density at radius 2 is 1.84 bits per heavy atom. The number of carbonyl (C=O) groups is 2. The fourth-order valence-corrected chi connectivity index (χ4v) is 3.53. The average molecular weight is 344 g/mol. The Hall–Kier alpha value is -2.04. The summed E-state index contributed by atoms with van der Waals surface area (Å²) in [4.78, 5) is 25.6. The van der Waals surface area contributed by atoms with Gasteiger partial charge in [-0.05, 0) is 23.0 Å². The number of piperidine rings is 1. The molecule has 2 aliphatic heterocycles. The Bertz CT molecular complexity index is 638. The molecule has 0 aromatic heterocycles. The van der Waals surface area contributed by atoms with Crippen molar-refractivity contribution in [1.29, 1.82) is 0 Å². The van der Waals surface area contributed by atoms with E-state index in [1.807, 2.05) is 4.90 Å². The summed E-state index contributed by atoms with van der Waals surface area (Å²) in [6.45, 7) is 8.49. The minimum atomic E-state index is -0.392. The van der Waals surface area contributed by atoms with Gasteiger partial charge in [0.05, 0.1) is 6.54 Å². The van der Waals surface area contributed by atoms with Crippen LogP contribution in [0, 0.1) is 0 Å². The zero-order valence-electron chi connectivity index (χ0n) is 15.4. The van der Waals surface area contributed by atoms with Crippen molar-refractivity contribution in [2.75, 3.05) is 19.6 Å². The Labute approximate surface area is 149 Å². The fraction of sp³-hybridized carbons (Fsp3) is 0.600. The number of aryl methyl sites for hydroxylation is 1. The van der Waals surface area contributed by atoms with Crippen LogP contribution < -0.4 is 5.32 Å². The minimum Gasteiger partial charge on any atom is -0.441 e. The van der Waals surface area contributed by atoms with Crippen LogP contribution in [-0.4, -0.2) is 42.1 Å². The fourth-order valence-electron chi connectivity index (χ4n) is 3.53. The molecular weight excluding hydrogens is 316 g/mol. The summed E-state index contributed by atoms with van der Waals surface area (Å²) in [7, 11) is 0. The van der Waals surface area contributed by atoms with Crippen molar-refractivity contribution >= 4 is 12.0 Å². The summed E-state index contributed by atoms with van der Waals surface area (Å²) in [5.41, 5.74) is 2.26. The molecular formula is C20H28N2O3. The SMILES string of the molecule is CC(C)(C)c1ccc(CCC(=O)N2CCC3(CC2)CNC(=O)O3)cc1. The van der Waals surface area contributed by atoms with E-state index in [-0.39, 0.29) is 17.4 Å². The van der Waals surface area contributed by atoms with Crippen LogP contribution in [0.15, 0.2) is 24.3 Å². The van der Waals surface area contributed by atoms with Crippen molar-refractivity contribution in [2.45, 2.75) is 57.5 Å². The number of hydrogen-bond donors (Lipinski definition) is 1. The molecule has 1 aromatic carbocycles. The van der Waals surface area contributed by atoms with Crippen LogP contribution in [-0.2, 0) is 21.4 Å². The third-order valence-electron chi connectivity index (χ3n) is 5.34. The van der Waals surface area contributed by atoms with Crippen molar-refractivity contribution in [2.24, 2.45) is 0 Å². The lowest BCUT2D eigenvalue weighted by Gasteiger charge is -2.37. The van der Waals surface area contributed by atoms with Gasteiger partial charge in [0.25, 0.3) is 0 Å². The molecule has 1 N–H and O–H groups in total. The quantitative estimate of drug-likeness (QED) is 0.917. The Morgan fingerprint density at radius 3 is 2.36 bits per heavy atom. The predicted octanol–water partition coefficient (Wildman–Crippen LogP) is 3.02. The van der Waals surface area contributed by atoms with Crippen LogP contribution in [0.25, 0.3) is 0 Å². The van der Waals surface area contributed by atoms with Crippen LogP contribution in [0.2, 0.25) is 0 Å². The zero-order valence-corrected chi connectivity index (χ0v) is 15.4. The monoisotopic (exact) mass is 344 g/mol. The minimum absolute atomic E-state index is 0.149. The highest BCUT2D eigenvalue weighted by Gasteiger charge is 2.43. The second-order valence-electron chi connectivity index (χ2n) is 8.25. The number of nitrogens with one attached hydrogen (secondary N) is 1. The topological polar surface area (TPSA) is 58.6 Å². The molecule has 2 aliphatic rings. The van der Waals surface area contributed by atoms with E-state index in [0.29, 0.717) is 26.1 Å². The number of nitrogens with zero attached hydrogens (tertiary/aromatic N) is 1. The molecule has 3 rings (SSSR count). The van der Waals surface area contributed by atoms with E-state index in [1.54, 1.807) is 0 Å². The van der Waals surface area contributed by atoms with Crippen molar-refractivity contribution < 1.29 is 14.3 Å². The molecule has 5 heteroatoms. The largest absolute Gasteiger partial charge is 0.441 e. The van der Waals surface area contributed by atoms with Gasteiger partial charge in [-0.25, -0.2) is 4.79 Å². The summed E-state index contributed by atoms with van der Waals surface area (Å²) in [6, 6.07) is 8.57. The first-order valence-corrected chi connectivity index (χ1v) is 9.12. The maximum Gasteiger partial charge on any atom is 0.407 e. The highest BCUT2D eigenvalue weighted by atomic mass is 16.6. The molecule has 1 aromatic rings. The Morgan fingerprint density at radius 1 is 1.20 bits per heavy atom. The third kappa shape index (κ3) is 4.14. The molecule has 1 spiro atoms. The number of rotatable bonds is 3. The van der Waals surface area contributed by atoms with Crippen LogP contribution in [0.5, 0.6) is 0 Å². The van der Waals surface area contributed by atoms with Crippen molar-refractivity contribution in [3.8, 4) is 0 Å². The number of likely N-dealkylation sites (tertiary alicyclic amines) is 1. The molecule has 0 bridgehead atoms. The first-order chi connectivity index (χ1) is 11.8. The molecule has 0 saturated carbocycles. The molecule has 5 nitrogen and oxygen atoms in total. The maximum atomic E-state index is 12.5. The van der Waals surface area contributed by atoms with Gasteiger partial charge in [0, 0.05) is 32.4 Å². The smallest absolute Gasteiger partial charge is 0.407 e. The second kappa shape index (κ2) is 6.70. The molecule has 0 radical (unpaired) electrons. The molecule has 136 valence electrons. The van der Waals surface area contributed by atoms with Crippen molar-refractivity contribution in [3.63, 3.8) is 0 Å². The van der Waals surface area contributed by atoms with Crippen LogP contribution in [0.1, 0.15) is 51.2 Å². The Kier molecular flexibility index (Phi) is 4.76. The molecule has 0 unspecified atom stereocenters. The molecule has 0 aliphatic carbocycles. The second-order valence-corrected chi connectivity index (χ2v) is 8.25. The van der Waals surface area contributed by atoms with E-state index in [4.69, 9.17) is 4.74 Å². The number of benzene rings is 1. The molecule has 2 fully saturated rings. The summed E-state index contributed by atoms with van der Waals surface area (Å²) < 4.78 is 5.40. The maximum absolute atomic E-state index is 12.5. The van der Waals surface area contributed by atoms with Crippen LogP contribution in [0.4, 0.5) is 4.79 Å². The van der Waals surface area contributed by atoms with Gasteiger partial charge < -0.3 is 15.0 Å². The number of carbonyl (C=O) groups excluding carboxylic acids is 2. The van der Waals surface area contributed by atoms with Gasteiger partial charge in [0.2, 0.25) is 5.91 Å². The van der Waals surface area contributed by atoms with Crippen molar-refractivity contribution in [3.05, 3.63) is 35.4 Å². The number of hydrogen-bond acceptors (Lipinski definition) is 3. The van der Waals surface area contributed by atoms with E-state index >= 15 is 0 Å². The number of amides is 2. The summed E-state index contributed by atoms with van der Waals surface area (Å²) in [5, 5.41) is 2.72. The van der Waals surface area contributed by atoms with Gasteiger partial charge in [-0.1, -0.05) is 45.0 Å². The lowest BCUT2D eigenvalue weighted by molar-refractivity contribution is -0.134. The van der Waals surface area contributed by atoms with E-state index in [9.17, 15) is 9.59 Å². The van der Waals surface area contributed by atoms with E-state index in [2.05, 4.69) is 50.4 Å². The molecule has 0 atom stereocenters. The van der Waals surface area contributed by atoms with E-state index in [1.165, 1.54) is 11.1 Å². The van der Waals surface area contributed by atoms with E-state index in [0.717, 1.165) is 19.3 Å². The molecule has 2 amide bonds. The Balaban J connectivity index is 1.48. The van der Waals surface area contributed by atoms with Crippen LogP contribution >= 0.6 is 0 Å². The summed E-state index contributed by atoms with van der Waals surface area (Å²) in [6.07, 6.45) is 2.40. The first-order valence-electron chi connectivity index (χ1n) is 9.12. The van der Waals surface area contributed by atoms with Gasteiger partial charge in [0.15, 0.2) is 0 Å². The van der Waals surface area contributed by atoms with Gasteiger partial charge in [-0.2, -0.15) is 0 Å². The first kappa shape index (κ1) is 17.8. The van der Waals surface area contributed by atoms with Crippen molar-refractivity contribution in [1.82, 2.24) is 10.2 Å². The predicted molar refractivity (Wildman–Crippen MR) is 96.5 cm³/mol. The highest BCUT2D eigenvalue weighted by Crippen LogP contribution is 2.29. The van der Waals surface area contributed by atoms with Gasteiger partial charge >= 0.3 is 6.09 Å². The van der Waals surface area contributed by atoms with Gasteiger partial charge in [0.1, 0.15) is 5.60 Å². The molecule has 2 saturated heterocycles. The third-order valence-corrected chi connectivity index (χ3v) is 5.34. The summed E-state index contributed by atoms with van der Waals surface area (Å²) >= 11 is 0. The summed E-state index contributed by atoms with van der Waals surface area (Å²) in [5.74, 6) is 0.187. The standard InChI is InChI=1S/C20H28N2O3/c1-19(2,3)16-7-4-15(5-8-16)6-9-17(23)22-12-10-20(11-13-22)14-21-18(24)25-20/h4-5,7-8H,6,9-14H2,1-3H3,(H,21,24). The zero-order chi connectivity index (χ0) is 18.1. The molecule has 2 heterocycles. The number of alkyl carbamates (subject to hydrolysis) is 1.